The maximum atomic E-state index is 12.7. The number of tetrazole rings is 1. The Morgan fingerprint density at radius 2 is 2.17 bits per heavy atom. The van der Waals surface area contributed by atoms with Gasteiger partial charge in [-0.3, -0.25) is 9.59 Å². The molecule has 2 fully saturated rings. The van der Waals surface area contributed by atoms with Gasteiger partial charge in [-0.05, 0) is 36.1 Å². The molecule has 3 rings (SSSR count). The largest absolute Gasteiger partial charge is 0.395 e. The van der Waals surface area contributed by atoms with Crippen LogP contribution in [-0.4, -0.2) is 79.7 Å². The first-order valence-electron chi connectivity index (χ1n) is 8.53. The second-order valence-corrected chi connectivity index (χ2v) is 6.64. The molecule has 24 heavy (non-hydrogen) atoms. The normalized spacial score (nSPS) is 24.1. The molecule has 2 amide bonds. The zero-order valence-corrected chi connectivity index (χ0v) is 13.8. The minimum absolute atomic E-state index is 0.0123. The standard InChI is InChI=1S/C15H24N6O3/c22-10-9-19-6-2-4-15(14(19)24)5-8-20(11-15)13(23)3-1-7-21-12-16-17-18-21/h12,22H,1-11H2. The lowest BCUT2D eigenvalue weighted by molar-refractivity contribution is -0.146. The molecular formula is C15H24N6O3. The van der Waals surface area contributed by atoms with Gasteiger partial charge in [0, 0.05) is 39.1 Å². The number of aliphatic hydroxyl groups excluding tert-OH is 1. The van der Waals surface area contributed by atoms with E-state index >= 15 is 0 Å². The number of aromatic nitrogens is 4. The maximum absolute atomic E-state index is 12.7. The predicted octanol–water partition coefficient (Wildman–Crippen LogP) is -0.713. The highest BCUT2D eigenvalue weighted by molar-refractivity contribution is 5.86. The molecule has 132 valence electrons. The molecule has 1 aromatic heterocycles. The Morgan fingerprint density at radius 1 is 1.29 bits per heavy atom. The molecule has 1 atom stereocenters. The van der Waals surface area contributed by atoms with Gasteiger partial charge in [-0.1, -0.05) is 0 Å². The van der Waals surface area contributed by atoms with Crippen molar-refractivity contribution in [1.29, 1.82) is 0 Å². The fourth-order valence-electron chi connectivity index (χ4n) is 3.78. The van der Waals surface area contributed by atoms with Crippen LogP contribution in [0.5, 0.6) is 0 Å². The van der Waals surface area contributed by atoms with E-state index in [0.717, 1.165) is 19.3 Å². The van der Waals surface area contributed by atoms with Gasteiger partial charge in [-0.15, -0.1) is 5.10 Å². The molecule has 2 saturated heterocycles. The van der Waals surface area contributed by atoms with Crippen LogP contribution in [0.3, 0.4) is 0 Å². The van der Waals surface area contributed by atoms with E-state index in [1.54, 1.807) is 9.58 Å². The van der Waals surface area contributed by atoms with Crippen LogP contribution in [0.1, 0.15) is 32.1 Å². The van der Waals surface area contributed by atoms with E-state index in [0.29, 0.717) is 45.6 Å². The Balaban J connectivity index is 1.52. The molecule has 0 aromatic carbocycles. The molecule has 2 aliphatic heterocycles. The Kier molecular flexibility index (Phi) is 5.08. The summed E-state index contributed by atoms with van der Waals surface area (Å²) in [6.45, 7) is 2.85. The summed E-state index contributed by atoms with van der Waals surface area (Å²) in [7, 11) is 0. The molecule has 9 heteroatoms. The van der Waals surface area contributed by atoms with Crippen molar-refractivity contribution in [1.82, 2.24) is 30.0 Å². The van der Waals surface area contributed by atoms with Crippen molar-refractivity contribution in [2.24, 2.45) is 5.41 Å². The van der Waals surface area contributed by atoms with E-state index in [-0.39, 0.29) is 18.4 Å². The van der Waals surface area contributed by atoms with Gasteiger partial charge >= 0.3 is 0 Å². The van der Waals surface area contributed by atoms with Crippen molar-refractivity contribution in [2.45, 2.75) is 38.6 Å². The number of β-amino-alcohol motifs (C(OH)–C–C–N with tert-alkyl or cyclic N) is 1. The summed E-state index contributed by atoms with van der Waals surface area (Å²) >= 11 is 0. The van der Waals surface area contributed by atoms with Crippen LogP contribution in [0, 0.1) is 5.41 Å². The Morgan fingerprint density at radius 3 is 2.92 bits per heavy atom. The topological polar surface area (TPSA) is 104 Å². The van der Waals surface area contributed by atoms with E-state index in [2.05, 4.69) is 15.5 Å². The van der Waals surface area contributed by atoms with Crippen molar-refractivity contribution < 1.29 is 14.7 Å². The number of hydrogen-bond donors (Lipinski definition) is 1. The van der Waals surface area contributed by atoms with Gasteiger partial charge in [0.05, 0.1) is 12.0 Å². The molecular weight excluding hydrogens is 312 g/mol. The lowest BCUT2D eigenvalue weighted by Crippen LogP contribution is -2.51. The van der Waals surface area contributed by atoms with Gasteiger partial charge in [0.1, 0.15) is 6.33 Å². The van der Waals surface area contributed by atoms with Crippen molar-refractivity contribution in [3.05, 3.63) is 6.33 Å². The lowest BCUT2D eigenvalue weighted by atomic mass is 9.78. The maximum Gasteiger partial charge on any atom is 0.230 e. The first-order valence-corrected chi connectivity index (χ1v) is 8.53. The van der Waals surface area contributed by atoms with E-state index < -0.39 is 5.41 Å². The number of carbonyl (C=O) groups excluding carboxylic acids is 2. The van der Waals surface area contributed by atoms with Gasteiger partial charge in [-0.25, -0.2) is 4.68 Å². The average molecular weight is 336 g/mol. The molecule has 9 nitrogen and oxygen atoms in total. The quantitative estimate of drug-likeness (QED) is 0.736. The number of likely N-dealkylation sites (tertiary alicyclic amines) is 2. The molecule has 2 aliphatic rings. The monoisotopic (exact) mass is 336 g/mol. The van der Waals surface area contributed by atoms with E-state index in [1.807, 2.05) is 4.90 Å². The first-order chi connectivity index (χ1) is 11.6. The SMILES string of the molecule is O=C(CCCn1cnnn1)N1CCC2(CCCN(CCO)C2=O)C1. The highest BCUT2D eigenvalue weighted by Gasteiger charge is 2.49. The summed E-state index contributed by atoms with van der Waals surface area (Å²) < 4.78 is 1.61. The smallest absolute Gasteiger partial charge is 0.230 e. The van der Waals surface area contributed by atoms with Gasteiger partial charge in [0.15, 0.2) is 0 Å². The Hall–Kier alpha value is -2.03. The number of hydrogen-bond acceptors (Lipinski definition) is 6. The predicted molar refractivity (Wildman–Crippen MR) is 83.6 cm³/mol. The van der Waals surface area contributed by atoms with Crippen LogP contribution in [0.4, 0.5) is 0 Å². The molecule has 0 saturated carbocycles. The van der Waals surface area contributed by atoms with Gasteiger partial charge in [0.25, 0.3) is 0 Å². The van der Waals surface area contributed by atoms with Crippen LogP contribution in [0.2, 0.25) is 0 Å². The third-order valence-electron chi connectivity index (χ3n) is 5.07. The van der Waals surface area contributed by atoms with Crippen LogP contribution >= 0.6 is 0 Å². The van der Waals surface area contributed by atoms with E-state index in [9.17, 15) is 9.59 Å². The van der Waals surface area contributed by atoms with Crippen molar-refractivity contribution in [3.8, 4) is 0 Å². The number of piperidine rings is 1. The highest BCUT2D eigenvalue weighted by atomic mass is 16.3. The molecule has 3 heterocycles. The Bertz CT molecular complexity index is 576. The molecule has 1 unspecified atom stereocenters. The number of amides is 2. The fourth-order valence-corrected chi connectivity index (χ4v) is 3.78. The number of aryl methyl sites for hydroxylation is 1. The van der Waals surface area contributed by atoms with Crippen molar-refractivity contribution >= 4 is 11.8 Å². The summed E-state index contributed by atoms with van der Waals surface area (Å²) in [4.78, 5) is 28.7. The minimum atomic E-state index is -0.432. The van der Waals surface area contributed by atoms with Crippen LogP contribution in [0.15, 0.2) is 6.33 Å². The van der Waals surface area contributed by atoms with E-state index in [4.69, 9.17) is 5.11 Å². The zero-order chi connectivity index (χ0) is 17.0. The third-order valence-corrected chi connectivity index (χ3v) is 5.07. The summed E-state index contributed by atoms with van der Waals surface area (Å²) in [5, 5.41) is 20.0. The number of rotatable bonds is 6. The van der Waals surface area contributed by atoms with Gasteiger partial charge in [-0.2, -0.15) is 0 Å². The molecule has 1 aromatic rings. The number of carbonyl (C=O) groups is 2. The summed E-state index contributed by atoms with van der Waals surface area (Å²) in [6, 6.07) is 0. The number of nitrogens with zero attached hydrogens (tertiary/aromatic N) is 6. The fraction of sp³-hybridized carbons (Fsp3) is 0.800. The summed E-state index contributed by atoms with van der Waals surface area (Å²) in [5.41, 5.74) is -0.432. The molecule has 0 bridgehead atoms. The molecule has 0 aliphatic carbocycles. The lowest BCUT2D eigenvalue weighted by Gasteiger charge is -2.39. The zero-order valence-electron chi connectivity index (χ0n) is 13.8. The summed E-state index contributed by atoms with van der Waals surface area (Å²) in [6.07, 6.45) is 5.15. The molecule has 1 N–H and O–H groups in total. The third kappa shape index (κ3) is 3.40. The van der Waals surface area contributed by atoms with Crippen LogP contribution in [-0.2, 0) is 16.1 Å². The second kappa shape index (κ2) is 7.25. The highest BCUT2D eigenvalue weighted by Crippen LogP contribution is 2.40. The number of aliphatic hydroxyl groups is 1. The second-order valence-electron chi connectivity index (χ2n) is 6.64. The van der Waals surface area contributed by atoms with Crippen LogP contribution in [0.25, 0.3) is 0 Å². The van der Waals surface area contributed by atoms with Crippen molar-refractivity contribution in [3.63, 3.8) is 0 Å². The summed E-state index contributed by atoms with van der Waals surface area (Å²) in [5.74, 6) is 0.193. The molecule has 1 spiro atoms. The average Bonchev–Trinajstić information content (AvgIpc) is 3.23. The Labute approximate surface area is 140 Å². The van der Waals surface area contributed by atoms with Crippen molar-refractivity contribution in [2.75, 3.05) is 32.8 Å². The molecule has 0 radical (unpaired) electrons. The van der Waals surface area contributed by atoms with Crippen LogP contribution < -0.4 is 0 Å². The first kappa shape index (κ1) is 16.8. The van der Waals surface area contributed by atoms with Gasteiger partial charge in [0.2, 0.25) is 11.8 Å². The van der Waals surface area contributed by atoms with Gasteiger partial charge < -0.3 is 14.9 Å². The minimum Gasteiger partial charge on any atom is -0.395 e. The van der Waals surface area contributed by atoms with E-state index in [1.165, 1.54) is 6.33 Å².